The molecule has 0 aromatic heterocycles. The first-order chi connectivity index (χ1) is 9.22. The van der Waals surface area contributed by atoms with Crippen LogP contribution in [0.3, 0.4) is 0 Å². The fourth-order valence-electron chi connectivity index (χ4n) is 2.06. The summed E-state index contributed by atoms with van der Waals surface area (Å²) >= 11 is 6.02. The molecule has 1 N–H and O–H groups in total. The molecule has 3 heteroatoms. The number of rotatable bonds is 5. The van der Waals surface area contributed by atoms with Gasteiger partial charge in [0.15, 0.2) is 0 Å². The zero-order valence-electron chi connectivity index (χ0n) is 10.9. The highest BCUT2D eigenvalue weighted by atomic mass is 35.5. The van der Waals surface area contributed by atoms with E-state index in [9.17, 15) is 4.39 Å². The lowest BCUT2D eigenvalue weighted by Crippen LogP contribution is -2.04. The van der Waals surface area contributed by atoms with Crippen molar-refractivity contribution in [2.45, 2.75) is 26.3 Å². The van der Waals surface area contributed by atoms with Gasteiger partial charge in [-0.25, -0.2) is 4.39 Å². The van der Waals surface area contributed by atoms with Crippen LogP contribution in [0.15, 0.2) is 42.5 Å². The first-order valence-electron chi connectivity index (χ1n) is 6.47. The van der Waals surface area contributed by atoms with Crippen LogP contribution in [-0.4, -0.2) is 0 Å². The van der Waals surface area contributed by atoms with Crippen LogP contribution in [0.4, 0.5) is 10.1 Å². The summed E-state index contributed by atoms with van der Waals surface area (Å²) in [7, 11) is 0. The second kappa shape index (κ2) is 6.58. The summed E-state index contributed by atoms with van der Waals surface area (Å²) in [5.74, 6) is -0.270. The number of aryl methyl sites for hydroxylation is 1. The maximum Gasteiger partial charge on any atom is 0.129 e. The molecule has 100 valence electrons. The standard InChI is InChI=1S/C16H17ClFN/c1-2-6-12-7-3-4-10-16(12)19-11-13-14(17)8-5-9-15(13)18/h3-5,7-10,19H,2,6,11H2,1H3. The van der Waals surface area contributed by atoms with E-state index in [0.29, 0.717) is 17.1 Å². The van der Waals surface area contributed by atoms with Gasteiger partial charge < -0.3 is 5.32 Å². The molecule has 2 rings (SSSR count). The summed E-state index contributed by atoms with van der Waals surface area (Å²) in [6.45, 7) is 2.54. The van der Waals surface area contributed by atoms with Crippen molar-refractivity contribution in [2.75, 3.05) is 5.32 Å². The molecule has 0 bridgehead atoms. The minimum atomic E-state index is -0.270. The maximum atomic E-state index is 13.7. The third-order valence-corrected chi connectivity index (χ3v) is 3.41. The molecule has 1 nitrogen and oxygen atoms in total. The highest BCUT2D eigenvalue weighted by molar-refractivity contribution is 6.31. The zero-order chi connectivity index (χ0) is 13.7. The Kier molecular flexibility index (Phi) is 4.80. The molecule has 0 unspecified atom stereocenters. The fourth-order valence-corrected chi connectivity index (χ4v) is 2.29. The van der Waals surface area contributed by atoms with E-state index in [1.165, 1.54) is 11.6 Å². The third-order valence-electron chi connectivity index (χ3n) is 3.05. The van der Waals surface area contributed by atoms with Crippen molar-refractivity contribution in [3.63, 3.8) is 0 Å². The maximum absolute atomic E-state index is 13.7. The van der Waals surface area contributed by atoms with Gasteiger partial charge in [0.2, 0.25) is 0 Å². The largest absolute Gasteiger partial charge is 0.381 e. The lowest BCUT2D eigenvalue weighted by atomic mass is 10.1. The topological polar surface area (TPSA) is 12.0 Å². The van der Waals surface area contributed by atoms with Gasteiger partial charge in [-0.3, -0.25) is 0 Å². The molecule has 0 aliphatic heterocycles. The molecule has 0 heterocycles. The highest BCUT2D eigenvalue weighted by Gasteiger charge is 2.07. The summed E-state index contributed by atoms with van der Waals surface area (Å²) < 4.78 is 13.7. The molecule has 0 aliphatic rings. The average Bonchev–Trinajstić information content (AvgIpc) is 2.40. The van der Waals surface area contributed by atoms with E-state index >= 15 is 0 Å². The van der Waals surface area contributed by atoms with E-state index in [-0.39, 0.29) is 5.82 Å². The molecule has 0 saturated carbocycles. The Morgan fingerprint density at radius 1 is 1.11 bits per heavy atom. The number of para-hydroxylation sites is 1. The lowest BCUT2D eigenvalue weighted by Gasteiger charge is -2.12. The van der Waals surface area contributed by atoms with Gasteiger partial charge in [-0.1, -0.05) is 49.2 Å². The normalized spacial score (nSPS) is 10.5. The van der Waals surface area contributed by atoms with Gasteiger partial charge in [0, 0.05) is 22.8 Å². The summed E-state index contributed by atoms with van der Waals surface area (Å²) in [6.07, 6.45) is 2.09. The summed E-state index contributed by atoms with van der Waals surface area (Å²) in [5, 5.41) is 3.73. The second-order valence-corrected chi connectivity index (χ2v) is 4.87. The monoisotopic (exact) mass is 277 g/mol. The van der Waals surface area contributed by atoms with Crippen LogP contribution < -0.4 is 5.32 Å². The van der Waals surface area contributed by atoms with Gasteiger partial charge >= 0.3 is 0 Å². The van der Waals surface area contributed by atoms with E-state index in [2.05, 4.69) is 18.3 Å². The Balaban J connectivity index is 2.15. The lowest BCUT2D eigenvalue weighted by molar-refractivity contribution is 0.613. The van der Waals surface area contributed by atoms with Crippen LogP contribution >= 0.6 is 11.6 Å². The Hall–Kier alpha value is -1.54. The summed E-state index contributed by atoms with van der Waals surface area (Å²) in [6, 6.07) is 12.9. The van der Waals surface area contributed by atoms with Gasteiger partial charge in [-0.15, -0.1) is 0 Å². The number of nitrogens with one attached hydrogen (secondary N) is 1. The molecule has 0 spiro atoms. The van der Waals surface area contributed by atoms with E-state index in [4.69, 9.17) is 11.6 Å². The van der Waals surface area contributed by atoms with Crippen molar-refractivity contribution in [1.82, 2.24) is 0 Å². The predicted molar refractivity (Wildman–Crippen MR) is 79.2 cm³/mol. The first kappa shape index (κ1) is 13.9. The SMILES string of the molecule is CCCc1ccccc1NCc1c(F)cccc1Cl. The highest BCUT2D eigenvalue weighted by Crippen LogP contribution is 2.22. The molecule has 2 aromatic rings. The smallest absolute Gasteiger partial charge is 0.129 e. The van der Waals surface area contributed by atoms with E-state index in [1.54, 1.807) is 12.1 Å². The van der Waals surface area contributed by atoms with Gasteiger partial charge in [-0.05, 0) is 30.2 Å². The van der Waals surface area contributed by atoms with E-state index in [0.717, 1.165) is 18.5 Å². The Bertz CT molecular complexity index is 534. The van der Waals surface area contributed by atoms with Crippen LogP contribution in [0.2, 0.25) is 5.02 Å². The molecule has 0 aliphatic carbocycles. The Morgan fingerprint density at radius 3 is 2.63 bits per heavy atom. The minimum Gasteiger partial charge on any atom is -0.381 e. The second-order valence-electron chi connectivity index (χ2n) is 4.46. The Morgan fingerprint density at radius 2 is 1.89 bits per heavy atom. The van der Waals surface area contributed by atoms with Crippen molar-refractivity contribution in [3.05, 3.63) is 64.4 Å². The number of benzene rings is 2. The minimum absolute atomic E-state index is 0.270. The van der Waals surface area contributed by atoms with Crippen molar-refractivity contribution < 1.29 is 4.39 Å². The van der Waals surface area contributed by atoms with Crippen molar-refractivity contribution in [3.8, 4) is 0 Å². The van der Waals surface area contributed by atoms with Gasteiger partial charge in [-0.2, -0.15) is 0 Å². The molecule has 0 amide bonds. The average molecular weight is 278 g/mol. The number of anilines is 1. The predicted octanol–water partition coefficient (Wildman–Crippen LogP) is 5.04. The Labute approximate surface area is 118 Å². The molecule has 2 aromatic carbocycles. The summed E-state index contributed by atoms with van der Waals surface area (Å²) in [4.78, 5) is 0. The van der Waals surface area contributed by atoms with Crippen LogP contribution in [0.25, 0.3) is 0 Å². The zero-order valence-corrected chi connectivity index (χ0v) is 11.7. The quantitative estimate of drug-likeness (QED) is 0.807. The molecule has 0 radical (unpaired) electrons. The number of halogens is 2. The van der Waals surface area contributed by atoms with E-state index in [1.807, 2.05) is 18.2 Å². The van der Waals surface area contributed by atoms with E-state index < -0.39 is 0 Å². The molecular formula is C16H17ClFN. The summed E-state index contributed by atoms with van der Waals surface area (Å²) in [5.41, 5.74) is 2.80. The fraction of sp³-hybridized carbons (Fsp3) is 0.250. The molecule has 19 heavy (non-hydrogen) atoms. The van der Waals surface area contributed by atoms with Crippen molar-refractivity contribution in [2.24, 2.45) is 0 Å². The van der Waals surface area contributed by atoms with Crippen molar-refractivity contribution in [1.29, 1.82) is 0 Å². The first-order valence-corrected chi connectivity index (χ1v) is 6.85. The third kappa shape index (κ3) is 3.48. The molecule has 0 atom stereocenters. The van der Waals surface area contributed by atoms with Crippen LogP contribution in [0.1, 0.15) is 24.5 Å². The van der Waals surface area contributed by atoms with Gasteiger partial charge in [0.25, 0.3) is 0 Å². The van der Waals surface area contributed by atoms with Crippen molar-refractivity contribution >= 4 is 17.3 Å². The van der Waals surface area contributed by atoms with Crippen LogP contribution in [-0.2, 0) is 13.0 Å². The van der Waals surface area contributed by atoms with Gasteiger partial charge in [0.05, 0.1) is 0 Å². The molecular weight excluding hydrogens is 261 g/mol. The molecule has 0 saturated heterocycles. The van der Waals surface area contributed by atoms with Gasteiger partial charge in [0.1, 0.15) is 5.82 Å². The van der Waals surface area contributed by atoms with Crippen LogP contribution in [0.5, 0.6) is 0 Å². The number of hydrogen-bond donors (Lipinski definition) is 1. The number of hydrogen-bond acceptors (Lipinski definition) is 1. The molecule has 0 fully saturated rings. The van der Waals surface area contributed by atoms with Crippen LogP contribution in [0, 0.1) is 5.82 Å².